The van der Waals surface area contributed by atoms with E-state index in [2.05, 4.69) is 21.8 Å². The lowest BCUT2D eigenvalue weighted by Gasteiger charge is -2.46. The molecule has 2 heterocycles. The summed E-state index contributed by atoms with van der Waals surface area (Å²) < 4.78 is 46.9. The number of ether oxygens (including phenoxy) is 3. The van der Waals surface area contributed by atoms with E-state index in [1.807, 2.05) is 18.2 Å². The third-order valence-corrected chi connectivity index (χ3v) is 12.8. The van der Waals surface area contributed by atoms with Crippen molar-refractivity contribution in [1.82, 2.24) is 4.72 Å². The number of anilines is 1. The van der Waals surface area contributed by atoms with E-state index >= 15 is 0 Å². The molecule has 1 saturated carbocycles. The largest absolute Gasteiger partial charge is 0.490 e. The first-order valence-electron chi connectivity index (χ1n) is 16.2. The Bertz CT molecular complexity index is 1630. The third-order valence-electron chi connectivity index (χ3n) is 10.6. The lowest BCUT2D eigenvalue weighted by molar-refractivity contribution is -0.140. The van der Waals surface area contributed by atoms with Gasteiger partial charge >= 0.3 is 5.97 Å². The molecule has 1 N–H and O–H groups in total. The number of benzene rings is 2. The van der Waals surface area contributed by atoms with Crippen molar-refractivity contribution in [2.75, 3.05) is 38.8 Å². The molecule has 1 spiro atoms. The Morgan fingerprint density at radius 2 is 2.00 bits per heavy atom. The van der Waals surface area contributed by atoms with Crippen LogP contribution in [0.4, 0.5) is 5.69 Å². The summed E-state index contributed by atoms with van der Waals surface area (Å²) in [4.78, 5) is 28.2. The van der Waals surface area contributed by atoms with Gasteiger partial charge in [0.1, 0.15) is 5.75 Å². The quantitative estimate of drug-likeness (QED) is 0.340. The van der Waals surface area contributed by atoms with Crippen LogP contribution in [0.25, 0.3) is 0 Å². The summed E-state index contributed by atoms with van der Waals surface area (Å²) in [5, 5.41) is -0.442. The van der Waals surface area contributed by atoms with Crippen LogP contribution >= 0.6 is 11.6 Å². The van der Waals surface area contributed by atoms with Gasteiger partial charge < -0.3 is 19.1 Å². The highest BCUT2D eigenvalue weighted by atomic mass is 35.5. The standard InChI is InChI=1S/C35H43ClN2O7S/c1-22-6-4-8-30(43-2)27-12-9-25(27)19-38-20-35(15-5-7-23-16-26(36)11-13-28(23)35)21-45-31-14-10-24(17-29(31)38)34(40)37-46(41,42)32(22)18-33(39)44-3/h4,8,10-11,13-14,16-17,22,25,27,30,32H,5-7,9,12,15,18-21H2,1-3H3,(H,37,40)/b8-4-/t22-,25-,27+,30-,32-,35-/m0/s1. The normalized spacial score (nSPS) is 31.3. The molecule has 1 amide bonds. The maximum atomic E-state index is 13.7. The summed E-state index contributed by atoms with van der Waals surface area (Å²) in [7, 11) is -1.32. The van der Waals surface area contributed by atoms with E-state index in [1.54, 1.807) is 32.2 Å². The summed E-state index contributed by atoms with van der Waals surface area (Å²) in [6.45, 7) is 3.69. The summed E-state index contributed by atoms with van der Waals surface area (Å²) in [5.74, 6) is -0.574. The Kier molecular flexibility index (Phi) is 9.43. The van der Waals surface area contributed by atoms with Crippen LogP contribution in [0.2, 0.25) is 5.02 Å². The number of sulfonamides is 1. The van der Waals surface area contributed by atoms with Crippen LogP contribution in [0.1, 0.15) is 66.9 Å². The van der Waals surface area contributed by atoms with E-state index in [4.69, 9.17) is 25.8 Å². The molecule has 248 valence electrons. The maximum absolute atomic E-state index is 13.7. The zero-order valence-corrected chi connectivity index (χ0v) is 28.2. The smallest absolute Gasteiger partial charge is 0.306 e. The number of esters is 1. The molecule has 0 aromatic heterocycles. The van der Waals surface area contributed by atoms with Gasteiger partial charge in [-0.05, 0) is 97.7 Å². The van der Waals surface area contributed by atoms with Crippen LogP contribution in [-0.2, 0) is 36.1 Å². The molecule has 46 heavy (non-hydrogen) atoms. The first kappa shape index (κ1) is 32.8. The number of halogens is 1. The number of nitrogens with one attached hydrogen (secondary N) is 1. The minimum absolute atomic E-state index is 0.130. The molecule has 6 atom stereocenters. The van der Waals surface area contributed by atoms with Gasteiger partial charge in [-0.15, -0.1) is 0 Å². The number of hydrogen-bond donors (Lipinski definition) is 1. The highest BCUT2D eigenvalue weighted by molar-refractivity contribution is 7.90. The van der Waals surface area contributed by atoms with E-state index in [9.17, 15) is 18.0 Å². The lowest BCUT2D eigenvalue weighted by Crippen LogP contribution is -2.49. The first-order chi connectivity index (χ1) is 22.0. The van der Waals surface area contributed by atoms with E-state index in [-0.39, 0.29) is 29.4 Å². The van der Waals surface area contributed by atoms with Crippen LogP contribution in [0, 0.1) is 17.8 Å². The summed E-state index contributed by atoms with van der Waals surface area (Å²) in [6, 6.07) is 11.3. The van der Waals surface area contributed by atoms with Crippen molar-refractivity contribution in [2.45, 2.75) is 68.6 Å². The zero-order valence-electron chi connectivity index (χ0n) is 26.7. The van der Waals surface area contributed by atoms with E-state index in [0.717, 1.165) is 49.4 Å². The summed E-state index contributed by atoms with van der Waals surface area (Å²) >= 11 is 6.41. The summed E-state index contributed by atoms with van der Waals surface area (Å²) in [5.41, 5.74) is 3.19. The molecule has 2 aromatic rings. The number of hydrogen-bond acceptors (Lipinski definition) is 8. The molecule has 2 aliphatic carbocycles. The third kappa shape index (κ3) is 6.40. The van der Waals surface area contributed by atoms with Crippen LogP contribution in [0.5, 0.6) is 5.75 Å². The van der Waals surface area contributed by atoms with Gasteiger partial charge in [-0.3, -0.25) is 9.59 Å². The lowest BCUT2D eigenvalue weighted by atomic mass is 9.68. The predicted molar refractivity (Wildman–Crippen MR) is 177 cm³/mol. The molecule has 0 unspecified atom stereocenters. The van der Waals surface area contributed by atoms with Gasteiger partial charge in [-0.1, -0.05) is 36.7 Å². The number of methoxy groups -OCH3 is 2. The van der Waals surface area contributed by atoms with Gasteiger partial charge in [0.15, 0.2) is 0 Å². The highest BCUT2D eigenvalue weighted by Gasteiger charge is 2.44. The molecule has 2 bridgehead atoms. The van der Waals surface area contributed by atoms with Crippen molar-refractivity contribution in [3.63, 3.8) is 0 Å². The Morgan fingerprint density at radius 3 is 2.74 bits per heavy atom. The van der Waals surface area contributed by atoms with Crippen molar-refractivity contribution < 1.29 is 32.2 Å². The zero-order chi connectivity index (χ0) is 32.6. The van der Waals surface area contributed by atoms with Crippen molar-refractivity contribution in [3.05, 3.63) is 70.3 Å². The van der Waals surface area contributed by atoms with Crippen LogP contribution in [-0.4, -0.2) is 65.6 Å². The van der Waals surface area contributed by atoms with Crippen molar-refractivity contribution >= 4 is 39.2 Å². The van der Waals surface area contributed by atoms with Gasteiger partial charge in [-0.25, -0.2) is 13.1 Å². The van der Waals surface area contributed by atoms with E-state index < -0.39 is 33.1 Å². The van der Waals surface area contributed by atoms with Crippen molar-refractivity contribution in [1.29, 1.82) is 0 Å². The van der Waals surface area contributed by atoms with Crippen LogP contribution < -0.4 is 14.4 Å². The topological polar surface area (TPSA) is 111 Å². The number of fused-ring (bicyclic) bond motifs is 4. The molecule has 9 nitrogen and oxygen atoms in total. The van der Waals surface area contributed by atoms with Gasteiger partial charge in [0.05, 0.1) is 37.2 Å². The van der Waals surface area contributed by atoms with Crippen molar-refractivity contribution in [3.8, 4) is 5.75 Å². The Hall–Kier alpha value is -3.08. The molecule has 6 rings (SSSR count). The molecule has 4 aliphatic rings. The number of aryl methyl sites for hydroxylation is 1. The minimum atomic E-state index is -4.25. The van der Waals surface area contributed by atoms with Crippen LogP contribution in [0.3, 0.4) is 0 Å². The maximum Gasteiger partial charge on any atom is 0.306 e. The second-order valence-corrected chi connectivity index (χ2v) is 15.8. The number of amides is 1. The summed E-state index contributed by atoms with van der Waals surface area (Å²) in [6.07, 6.45) is 8.88. The monoisotopic (exact) mass is 670 g/mol. The molecular formula is C35H43ClN2O7S. The molecule has 1 fully saturated rings. The van der Waals surface area contributed by atoms with Crippen molar-refractivity contribution in [2.24, 2.45) is 17.8 Å². The van der Waals surface area contributed by atoms with E-state index in [1.165, 1.54) is 18.2 Å². The number of nitrogens with zero attached hydrogens (tertiary/aromatic N) is 1. The van der Waals surface area contributed by atoms with Gasteiger partial charge in [0, 0.05) is 36.2 Å². The average molecular weight is 671 g/mol. The van der Waals surface area contributed by atoms with E-state index in [0.29, 0.717) is 31.2 Å². The number of allylic oxidation sites excluding steroid dienone is 1. The second-order valence-electron chi connectivity index (χ2n) is 13.4. The average Bonchev–Trinajstić information content (AvgIpc) is 3.17. The minimum Gasteiger partial charge on any atom is -0.490 e. The van der Waals surface area contributed by atoms with Crippen LogP contribution in [0.15, 0.2) is 48.6 Å². The fraction of sp³-hybridized carbons (Fsp3) is 0.543. The molecule has 0 saturated heterocycles. The molecule has 2 aromatic carbocycles. The molecule has 11 heteroatoms. The highest BCUT2D eigenvalue weighted by Crippen LogP contribution is 2.47. The molecule has 0 radical (unpaired) electrons. The molecular weight excluding hydrogens is 628 g/mol. The fourth-order valence-electron chi connectivity index (χ4n) is 7.90. The Labute approximate surface area is 276 Å². The first-order valence-corrected chi connectivity index (χ1v) is 18.1. The number of carbonyl (C=O) groups excluding carboxylic acids is 2. The van der Waals surface area contributed by atoms with Gasteiger partial charge in [0.25, 0.3) is 5.91 Å². The predicted octanol–water partition coefficient (Wildman–Crippen LogP) is 5.44. The Morgan fingerprint density at radius 1 is 1.17 bits per heavy atom. The molecule has 2 aliphatic heterocycles. The number of rotatable bonds is 3. The number of carbonyl (C=O) groups is 2. The SMILES string of the molecule is COC(=O)C[C@H]1[C@@H](C)C/C=C\[C@H](OC)[C@@H]2CC[C@H]2CN2C[C@@]3(CCCc4cc(Cl)ccc43)COc3ccc(cc32)C(=O)NS1(=O)=O. The Balaban J connectivity index is 1.42. The van der Waals surface area contributed by atoms with Gasteiger partial charge in [-0.2, -0.15) is 0 Å². The second kappa shape index (κ2) is 13.2. The van der Waals surface area contributed by atoms with Gasteiger partial charge in [0.2, 0.25) is 10.0 Å². The fourth-order valence-corrected chi connectivity index (χ4v) is 9.70.